The monoisotopic (exact) mass is 502 g/mol. The molecule has 0 saturated carbocycles. The van der Waals surface area contributed by atoms with Crippen LogP contribution in [0.2, 0.25) is 18.1 Å². The number of hydrogen-bond donors (Lipinski definition) is 0. The SMILES string of the molecule is CC(C)(C)[Si](C)(C)Oc1c(N2C3=C(CCc4ccoc43)CN2C2CCCCO2)ccc2ccccc12. The highest BCUT2D eigenvalue weighted by atomic mass is 28.4. The van der Waals surface area contributed by atoms with E-state index in [4.69, 9.17) is 13.6 Å². The maximum atomic E-state index is 7.18. The molecule has 0 amide bonds. The average molecular weight is 503 g/mol. The van der Waals surface area contributed by atoms with Crippen molar-refractivity contribution in [1.29, 1.82) is 0 Å². The number of fused-ring (bicyclic) bond motifs is 3. The van der Waals surface area contributed by atoms with Gasteiger partial charge in [-0.1, -0.05) is 51.1 Å². The summed E-state index contributed by atoms with van der Waals surface area (Å²) in [6.45, 7) is 13.3. The van der Waals surface area contributed by atoms with Crippen molar-refractivity contribution < 1.29 is 13.6 Å². The van der Waals surface area contributed by atoms with Crippen molar-refractivity contribution in [2.24, 2.45) is 0 Å². The summed E-state index contributed by atoms with van der Waals surface area (Å²) in [5.41, 5.74) is 4.99. The Hall–Kier alpha value is -2.54. The Morgan fingerprint density at radius 2 is 1.83 bits per heavy atom. The fourth-order valence-corrected chi connectivity index (χ4v) is 6.49. The fourth-order valence-electron chi connectivity index (χ4n) is 5.46. The van der Waals surface area contributed by atoms with E-state index in [0.717, 1.165) is 61.4 Å². The summed E-state index contributed by atoms with van der Waals surface area (Å²) >= 11 is 0. The predicted molar refractivity (Wildman–Crippen MR) is 148 cm³/mol. The molecule has 1 fully saturated rings. The number of nitrogens with zero attached hydrogens (tertiary/aromatic N) is 2. The average Bonchev–Trinajstić information content (AvgIpc) is 3.48. The number of hydrogen-bond acceptors (Lipinski definition) is 5. The van der Waals surface area contributed by atoms with Gasteiger partial charge in [0, 0.05) is 24.1 Å². The largest absolute Gasteiger partial charge is 0.542 e. The third-order valence-corrected chi connectivity index (χ3v) is 12.9. The number of furan rings is 1. The van der Waals surface area contributed by atoms with Gasteiger partial charge in [0.2, 0.25) is 0 Å². The number of hydrazine groups is 1. The van der Waals surface area contributed by atoms with E-state index < -0.39 is 8.32 Å². The number of aryl methyl sites for hydroxylation is 1. The second kappa shape index (κ2) is 8.79. The number of ether oxygens (including phenoxy) is 1. The quantitative estimate of drug-likeness (QED) is 0.341. The normalized spacial score (nSPS) is 21.1. The van der Waals surface area contributed by atoms with Crippen molar-refractivity contribution in [3.63, 3.8) is 0 Å². The number of benzene rings is 2. The van der Waals surface area contributed by atoms with Crippen molar-refractivity contribution in [2.45, 2.75) is 77.2 Å². The molecular weight excluding hydrogens is 464 g/mol. The van der Waals surface area contributed by atoms with Gasteiger partial charge in [-0.2, -0.15) is 5.01 Å². The zero-order chi connectivity index (χ0) is 25.1. The number of anilines is 1. The minimum Gasteiger partial charge on any atom is -0.542 e. The molecule has 1 saturated heterocycles. The van der Waals surface area contributed by atoms with Crippen molar-refractivity contribution in [2.75, 3.05) is 18.2 Å². The first-order chi connectivity index (χ1) is 17.2. The molecule has 6 rings (SSSR count). The summed E-state index contributed by atoms with van der Waals surface area (Å²) < 4.78 is 19.7. The lowest BCUT2D eigenvalue weighted by molar-refractivity contribution is -0.0793. The fraction of sp³-hybridized carbons (Fsp3) is 0.467. The van der Waals surface area contributed by atoms with Crippen LogP contribution in [0.5, 0.6) is 5.75 Å². The van der Waals surface area contributed by atoms with Crippen molar-refractivity contribution in [3.8, 4) is 5.75 Å². The Morgan fingerprint density at radius 3 is 2.61 bits per heavy atom. The molecule has 6 heteroatoms. The predicted octanol–water partition coefficient (Wildman–Crippen LogP) is 7.74. The minimum absolute atomic E-state index is 0.0509. The van der Waals surface area contributed by atoms with Crippen LogP contribution in [0, 0.1) is 0 Å². The molecular formula is C30H38N2O3Si. The molecule has 0 N–H and O–H groups in total. The molecule has 2 aliphatic heterocycles. The summed E-state index contributed by atoms with van der Waals surface area (Å²) in [6, 6.07) is 15.2. The lowest BCUT2D eigenvalue weighted by Crippen LogP contribution is -2.48. The highest BCUT2D eigenvalue weighted by molar-refractivity contribution is 6.74. The van der Waals surface area contributed by atoms with E-state index in [1.54, 1.807) is 0 Å². The van der Waals surface area contributed by atoms with Crippen molar-refractivity contribution >= 4 is 30.5 Å². The van der Waals surface area contributed by atoms with Crippen LogP contribution in [0.25, 0.3) is 16.5 Å². The highest BCUT2D eigenvalue weighted by Crippen LogP contribution is 2.50. The zero-order valence-corrected chi connectivity index (χ0v) is 23.3. The molecule has 190 valence electrons. The molecule has 0 spiro atoms. The summed E-state index contributed by atoms with van der Waals surface area (Å²) in [5.74, 6) is 1.98. The van der Waals surface area contributed by atoms with Gasteiger partial charge in [-0.3, -0.25) is 5.01 Å². The molecule has 1 atom stereocenters. The first-order valence-electron chi connectivity index (χ1n) is 13.4. The standard InChI is InChI=1S/C30H38N2O3Si/c1-30(2,3)36(4,5)35-29-24-11-7-6-10-21(24)15-16-25(29)32-27-23(14-13-22-17-19-34-28(22)27)20-31(32)26-12-8-9-18-33-26/h6-7,10-11,15-17,19,26H,8-9,12-14,18,20H2,1-5H3. The third kappa shape index (κ3) is 3.90. The van der Waals surface area contributed by atoms with Gasteiger partial charge in [0.05, 0.1) is 12.0 Å². The van der Waals surface area contributed by atoms with Crippen LogP contribution < -0.4 is 9.43 Å². The Bertz CT molecular complexity index is 1310. The van der Waals surface area contributed by atoms with E-state index in [1.165, 1.54) is 28.6 Å². The van der Waals surface area contributed by atoms with Crippen LogP contribution in [-0.2, 0) is 11.2 Å². The zero-order valence-electron chi connectivity index (χ0n) is 22.3. The molecule has 3 heterocycles. The van der Waals surface area contributed by atoms with E-state index in [9.17, 15) is 0 Å². The Morgan fingerprint density at radius 1 is 1.00 bits per heavy atom. The van der Waals surface area contributed by atoms with Crippen LogP contribution in [0.15, 0.2) is 58.7 Å². The van der Waals surface area contributed by atoms with Crippen LogP contribution in [0.4, 0.5) is 5.69 Å². The topological polar surface area (TPSA) is 38.1 Å². The van der Waals surface area contributed by atoms with E-state index in [2.05, 4.69) is 86.3 Å². The summed E-state index contributed by atoms with van der Waals surface area (Å²) in [7, 11) is -2.12. The van der Waals surface area contributed by atoms with Crippen LogP contribution >= 0.6 is 0 Å². The van der Waals surface area contributed by atoms with E-state index >= 15 is 0 Å². The summed E-state index contributed by atoms with van der Waals surface area (Å²) in [5, 5.41) is 7.27. The summed E-state index contributed by atoms with van der Waals surface area (Å²) in [6.07, 6.45) is 7.33. The summed E-state index contributed by atoms with van der Waals surface area (Å²) in [4.78, 5) is 0. The highest BCUT2D eigenvalue weighted by Gasteiger charge is 2.44. The first-order valence-corrected chi connectivity index (χ1v) is 16.3. The van der Waals surface area contributed by atoms with E-state index in [0.29, 0.717) is 0 Å². The minimum atomic E-state index is -2.12. The molecule has 2 aromatic carbocycles. The van der Waals surface area contributed by atoms with Crippen LogP contribution in [0.1, 0.15) is 57.8 Å². The smallest absolute Gasteiger partial charge is 0.250 e. The van der Waals surface area contributed by atoms with Crippen LogP contribution in [0.3, 0.4) is 0 Å². The van der Waals surface area contributed by atoms with Gasteiger partial charge in [-0.25, -0.2) is 0 Å². The molecule has 1 unspecified atom stereocenters. The van der Waals surface area contributed by atoms with Gasteiger partial charge in [0.25, 0.3) is 8.32 Å². The molecule has 1 aliphatic carbocycles. The molecule has 0 radical (unpaired) electrons. The second-order valence-corrected chi connectivity index (χ2v) is 16.7. The molecule has 36 heavy (non-hydrogen) atoms. The molecule has 5 nitrogen and oxygen atoms in total. The van der Waals surface area contributed by atoms with Gasteiger partial charge in [0.1, 0.15) is 17.7 Å². The second-order valence-electron chi connectivity index (χ2n) is 12.0. The lowest BCUT2D eigenvalue weighted by atomic mass is 9.95. The third-order valence-electron chi connectivity index (χ3n) is 8.55. The molecule has 1 aromatic heterocycles. The Balaban J connectivity index is 1.55. The first kappa shape index (κ1) is 23.8. The maximum Gasteiger partial charge on any atom is 0.250 e. The van der Waals surface area contributed by atoms with Gasteiger partial charge < -0.3 is 13.6 Å². The number of rotatable bonds is 4. The molecule has 0 bridgehead atoms. The molecule has 3 aliphatic rings. The van der Waals surface area contributed by atoms with Gasteiger partial charge >= 0.3 is 0 Å². The van der Waals surface area contributed by atoms with E-state index in [1.807, 2.05) is 6.26 Å². The maximum absolute atomic E-state index is 7.18. The van der Waals surface area contributed by atoms with Crippen molar-refractivity contribution in [1.82, 2.24) is 5.01 Å². The van der Waals surface area contributed by atoms with Gasteiger partial charge in [0.15, 0.2) is 5.76 Å². The Kier molecular flexibility index (Phi) is 5.82. The molecule has 3 aromatic rings. The lowest BCUT2D eigenvalue weighted by Gasteiger charge is -2.42. The Labute approximate surface area is 215 Å². The van der Waals surface area contributed by atoms with Gasteiger partial charge in [-0.15, -0.1) is 0 Å². The van der Waals surface area contributed by atoms with E-state index in [-0.39, 0.29) is 11.3 Å². The van der Waals surface area contributed by atoms with Crippen LogP contribution in [-0.4, -0.2) is 32.7 Å². The van der Waals surface area contributed by atoms with Gasteiger partial charge in [-0.05, 0) is 73.3 Å². The van der Waals surface area contributed by atoms with Crippen molar-refractivity contribution in [3.05, 3.63) is 65.6 Å².